The molecule has 0 aromatic heterocycles. The van der Waals surface area contributed by atoms with Crippen molar-refractivity contribution in [2.45, 2.75) is 26.3 Å². The summed E-state index contributed by atoms with van der Waals surface area (Å²) in [5, 5.41) is 5.54. The molecule has 0 radical (unpaired) electrons. The van der Waals surface area contributed by atoms with Gasteiger partial charge in [-0.05, 0) is 36.8 Å². The highest BCUT2D eigenvalue weighted by atomic mass is 16.2. The van der Waals surface area contributed by atoms with Crippen LogP contribution in [0.5, 0.6) is 0 Å². The van der Waals surface area contributed by atoms with Crippen LogP contribution in [0.3, 0.4) is 0 Å². The monoisotopic (exact) mass is 337 g/mol. The largest absolute Gasteiger partial charge is 0.326 e. The fraction of sp³-hybridized carbons (Fsp3) is 0.211. The van der Waals surface area contributed by atoms with Gasteiger partial charge in [0.2, 0.25) is 17.7 Å². The second kappa shape index (κ2) is 6.76. The maximum absolute atomic E-state index is 12.4. The molecule has 0 spiro atoms. The fourth-order valence-electron chi connectivity index (χ4n) is 2.97. The number of fused-ring (bicyclic) bond motifs is 1. The summed E-state index contributed by atoms with van der Waals surface area (Å²) in [6.45, 7) is 3.32. The number of hydrogen-bond acceptors (Lipinski definition) is 3. The Kier molecular flexibility index (Phi) is 4.52. The maximum atomic E-state index is 12.4. The number of carbonyl (C=O) groups excluding carboxylic acids is 3. The topological polar surface area (TPSA) is 78.5 Å². The van der Waals surface area contributed by atoms with E-state index in [-0.39, 0.29) is 24.1 Å². The highest BCUT2D eigenvalue weighted by molar-refractivity contribution is 6.13. The average Bonchev–Trinajstić information content (AvgIpc) is 2.55. The highest BCUT2D eigenvalue weighted by Crippen LogP contribution is 2.32. The molecular weight excluding hydrogens is 318 g/mol. The molecule has 1 aliphatic heterocycles. The van der Waals surface area contributed by atoms with Gasteiger partial charge in [0.25, 0.3) is 0 Å². The molecule has 0 aliphatic carbocycles. The normalized spacial score (nSPS) is 16.0. The third-order valence-electron chi connectivity index (χ3n) is 4.06. The lowest BCUT2D eigenvalue weighted by Gasteiger charge is -2.35. The molecule has 3 amide bonds. The quantitative estimate of drug-likeness (QED) is 0.904. The predicted molar refractivity (Wildman–Crippen MR) is 96.4 cm³/mol. The number of aryl methyl sites for hydroxylation is 1. The van der Waals surface area contributed by atoms with Crippen LogP contribution in [0, 0.1) is 6.92 Å². The van der Waals surface area contributed by atoms with Gasteiger partial charge in [0, 0.05) is 12.6 Å². The second-order valence-electron chi connectivity index (χ2n) is 6.03. The van der Waals surface area contributed by atoms with E-state index in [2.05, 4.69) is 10.6 Å². The van der Waals surface area contributed by atoms with Crippen LogP contribution in [-0.2, 0) is 14.4 Å². The molecule has 2 aromatic rings. The first-order chi connectivity index (χ1) is 12.0. The lowest BCUT2D eigenvalue weighted by molar-refractivity contribution is -0.125. The number of benzene rings is 2. The molecule has 1 atom stereocenters. The van der Waals surface area contributed by atoms with Gasteiger partial charge in [-0.3, -0.25) is 19.3 Å². The Morgan fingerprint density at radius 3 is 2.64 bits per heavy atom. The molecule has 25 heavy (non-hydrogen) atoms. The van der Waals surface area contributed by atoms with Crippen LogP contribution in [0.25, 0.3) is 0 Å². The van der Waals surface area contributed by atoms with Gasteiger partial charge in [0.1, 0.15) is 6.04 Å². The van der Waals surface area contributed by atoms with Crippen molar-refractivity contribution in [3.05, 3.63) is 54.1 Å². The van der Waals surface area contributed by atoms with Crippen molar-refractivity contribution in [2.75, 3.05) is 15.5 Å². The van der Waals surface area contributed by atoms with Gasteiger partial charge in [-0.1, -0.05) is 24.3 Å². The Hall–Kier alpha value is -3.15. The number of rotatable bonds is 3. The van der Waals surface area contributed by atoms with Gasteiger partial charge < -0.3 is 10.6 Å². The molecule has 0 saturated heterocycles. The smallest absolute Gasteiger partial charge is 0.248 e. The number of hydrogen-bond donors (Lipinski definition) is 2. The zero-order valence-corrected chi connectivity index (χ0v) is 14.1. The summed E-state index contributed by atoms with van der Waals surface area (Å²) in [4.78, 5) is 38.3. The van der Waals surface area contributed by atoms with E-state index in [1.54, 1.807) is 30.3 Å². The zero-order chi connectivity index (χ0) is 18.0. The van der Waals surface area contributed by atoms with Gasteiger partial charge >= 0.3 is 0 Å². The SMILES string of the molecule is CC(=O)N1c2ccccc2NC(=O)C1CC(=O)Nc1cccc(C)c1. The van der Waals surface area contributed by atoms with Gasteiger partial charge in [0.05, 0.1) is 17.8 Å². The summed E-state index contributed by atoms with van der Waals surface area (Å²) >= 11 is 0. The molecular formula is C19H19N3O3. The molecule has 1 heterocycles. The fourth-order valence-corrected chi connectivity index (χ4v) is 2.97. The van der Waals surface area contributed by atoms with Crippen molar-refractivity contribution in [1.29, 1.82) is 0 Å². The van der Waals surface area contributed by atoms with Crippen LogP contribution in [0.1, 0.15) is 18.9 Å². The predicted octanol–water partition coefficient (Wildman–Crippen LogP) is 2.70. The molecule has 2 N–H and O–H groups in total. The van der Waals surface area contributed by atoms with Gasteiger partial charge in [0.15, 0.2) is 0 Å². The minimum absolute atomic E-state index is 0.117. The van der Waals surface area contributed by atoms with Crippen molar-refractivity contribution in [2.24, 2.45) is 0 Å². The minimum atomic E-state index is -0.878. The summed E-state index contributed by atoms with van der Waals surface area (Å²) < 4.78 is 0. The molecule has 2 aromatic carbocycles. The van der Waals surface area contributed by atoms with Crippen molar-refractivity contribution in [3.8, 4) is 0 Å². The minimum Gasteiger partial charge on any atom is -0.326 e. The van der Waals surface area contributed by atoms with Crippen molar-refractivity contribution in [1.82, 2.24) is 0 Å². The van der Waals surface area contributed by atoms with Crippen LogP contribution < -0.4 is 15.5 Å². The summed E-state index contributed by atoms with van der Waals surface area (Å²) in [6, 6.07) is 13.6. The van der Waals surface area contributed by atoms with E-state index in [4.69, 9.17) is 0 Å². The molecule has 6 nitrogen and oxygen atoms in total. The third kappa shape index (κ3) is 3.52. The molecule has 0 bridgehead atoms. The first-order valence-electron chi connectivity index (χ1n) is 8.02. The number of nitrogens with one attached hydrogen (secondary N) is 2. The van der Waals surface area contributed by atoms with E-state index in [9.17, 15) is 14.4 Å². The molecule has 0 saturated carbocycles. The highest BCUT2D eigenvalue weighted by Gasteiger charge is 2.36. The van der Waals surface area contributed by atoms with E-state index in [1.807, 2.05) is 25.1 Å². The van der Waals surface area contributed by atoms with Crippen molar-refractivity contribution >= 4 is 34.8 Å². The van der Waals surface area contributed by atoms with E-state index < -0.39 is 6.04 Å². The lowest BCUT2D eigenvalue weighted by atomic mass is 10.0. The Morgan fingerprint density at radius 2 is 1.92 bits per heavy atom. The van der Waals surface area contributed by atoms with Crippen LogP contribution in [0.2, 0.25) is 0 Å². The second-order valence-corrected chi connectivity index (χ2v) is 6.03. The van der Waals surface area contributed by atoms with E-state index in [0.29, 0.717) is 17.1 Å². The lowest BCUT2D eigenvalue weighted by Crippen LogP contribution is -2.51. The standard InChI is InChI=1S/C19H19N3O3/c1-12-6-5-7-14(10-12)20-18(24)11-17-19(25)21-15-8-3-4-9-16(15)22(17)13(2)23/h3-10,17H,11H2,1-2H3,(H,20,24)(H,21,25). The van der Waals surface area contributed by atoms with Gasteiger partial charge in [-0.2, -0.15) is 0 Å². The third-order valence-corrected chi connectivity index (χ3v) is 4.06. The van der Waals surface area contributed by atoms with Crippen molar-refractivity contribution in [3.63, 3.8) is 0 Å². The van der Waals surface area contributed by atoms with Crippen LogP contribution in [0.15, 0.2) is 48.5 Å². The molecule has 1 aliphatic rings. The van der Waals surface area contributed by atoms with Crippen LogP contribution >= 0.6 is 0 Å². The Morgan fingerprint density at radius 1 is 1.16 bits per heavy atom. The summed E-state index contributed by atoms with van der Waals surface area (Å²) in [5.41, 5.74) is 2.85. The molecule has 0 fully saturated rings. The maximum Gasteiger partial charge on any atom is 0.248 e. The number of nitrogens with zero attached hydrogens (tertiary/aromatic N) is 1. The Labute approximate surface area is 145 Å². The number of carbonyl (C=O) groups is 3. The number of amides is 3. The Bertz CT molecular complexity index is 847. The first-order valence-corrected chi connectivity index (χ1v) is 8.02. The zero-order valence-electron chi connectivity index (χ0n) is 14.1. The Balaban J connectivity index is 1.82. The number of para-hydroxylation sites is 2. The molecule has 6 heteroatoms. The number of anilines is 3. The van der Waals surface area contributed by atoms with Gasteiger partial charge in [-0.25, -0.2) is 0 Å². The van der Waals surface area contributed by atoms with Crippen LogP contribution in [-0.4, -0.2) is 23.8 Å². The van der Waals surface area contributed by atoms with Gasteiger partial charge in [-0.15, -0.1) is 0 Å². The molecule has 128 valence electrons. The van der Waals surface area contributed by atoms with E-state index in [1.165, 1.54) is 11.8 Å². The van der Waals surface area contributed by atoms with E-state index in [0.717, 1.165) is 5.56 Å². The molecule has 3 rings (SSSR count). The van der Waals surface area contributed by atoms with E-state index >= 15 is 0 Å². The average molecular weight is 337 g/mol. The summed E-state index contributed by atoms with van der Waals surface area (Å²) in [6.07, 6.45) is -0.117. The molecule has 1 unspecified atom stereocenters. The summed E-state index contributed by atoms with van der Waals surface area (Å²) in [7, 11) is 0. The van der Waals surface area contributed by atoms with Crippen LogP contribution in [0.4, 0.5) is 17.1 Å². The first kappa shape index (κ1) is 16.7. The van der Waals surface area contributed by atoms with Crippen molar-refractivity contribution < 1.29 is 14.4 Å². The summed E-state index contributed by atoms with van der Waals surface area (Å²) in [5.74, 6) is -0.972.